The third-order valence-corrected chi connectivity index (χ3v) is 8.02. The Morgan fingerprint density at radius 1 is 1.26 bits per heavy atom. The van der Waals surface area contributed by atoms with Gasteiger partial charge in [0.15, 0.2) is 5.13 Å². The molecule has 12 heteroatoms. The van der Waals surface area contributed by atoms with Crippen molar-refractivity contribution in [1.82, 2.24) is 9.97 Å². The highest BCUT2D eigenvalue weighted by Crippen LogP contribution is 2.39. The lowest BCUT2D eigenvalue weighted by atomic mass is 9.97. The summed E-state index contributed by atoms with van der Waals surface area (Å²) in [5, 5.41) is 15.1. The molecule has 0 aliphatic carbocycles. The molecule has 4 heterocycles. The number of pyridine rings is 1. The van der Waals surface area contributed by atoms with Gasteiger partial charge in [0.05, 0.1) is 26.4 Å². The Labute approximate surface area is 204 Å². The topological polar surface area (TPSA) is 95.4 Å². The fraction of sp³-hybridized carbons (Fsp3) is 0.263. The van der Waals surface area contributed by atoms with Gasteiger partial charge in [-0.1, -0.05) is 34.5 Å². The highest BCUT2D eigenvalue weighted by molar-refractivity contribution is 9.11. The molecule has 3 aromatic heterocycles. The molecule has 0 atom stereocenters. The lowest BCUT2D eigenvalue weighted by Crippen LogP contribution is -2.37. The van der Waals surface area contributed by atoms with E-state index in [2.05, 4.69) is 31.2 Å². The molecule has 2 N–H and O–H groups in total. The Kier molecular flexibility index (Phi) is 6.83. The van der Waals surface area contributed by atoms with Gasteiger partial charge in [-0.05, 0) is 40.9 Å². The molecule has 0 saturated carbocycles. The number of carboxylic acids is 1. The predicted molar refractivity (Wildman–Crippen MR) is 128 cm³/mol. The highest BCUT2D eigenvalue weighted by atomic mass is 79.9. The van der Waals surface area contributed by atoms with Gasteiger partial charge in [-0.15, -0.1) is 11.3 Å². The number of thiazole rings is 1. The van der Waals surface area contributed by atoms with Crippen LogP contribution in [0.15, 0.2) is 27.5 Å². The standard InChI is InChI=1S/C19H15BrCl2N4O3S2/c20-15-14(13-6-11(21)8-30-13)24-19(31-15)25-17(27)10-5-12(22)16(23-7-10)26-3-1-9(2-4-26)18(28)29/h5-9H,1-4H2,(H,28,29)(H,24,25,27). The number of amides is 1. The van der Waals surface area contributed by atoms with Crippen molar-refractivity contribution in [1.29, 1.82) is 0 Å². The first-order valence-corrected chi connectivity index (χ1v) is 12.4. The summed E-state index contributed by atoms with van der Waals surface area (Å²) in [5.41, 5.74) is 1.02. The van der Waals surface area contributed by atoms with E-state index in [1.54, 1.807) is 6.07 Å². The highest BCUT2D eigenvalue weighted by Gasteiger charge is 2.26. The van der Waals surface area contributed by atoms with Gasteiger partial charge in [0, 0.05) is 24.7 Å². The number of aromatic nitrogens is 2. The molecule has 0 aromatic carbocycles. The van der Waals surface area contributed by atoms with E-state index in [4.69, 9.17) is 28.3 Å². The van der Waals surface area contributed by atoms with E-state index in [-0.39, 0.29) is 11.8 Å². The van der Waals surface area contributed by atoms with Crippen molar-refractivity contribution in [3.8, 4) is 10.6 Å². The fourth-order valence-corrected chi connectivity index (χ4v) is 6.26. The zero-order valence-electron chi connectivity index (χ0n) is 15.8. The number of nitrogens with one attached hydrogen (secondary N) is 1. The van der Waals surface area contributed by atoms with E-state index in [0.717, 1.165) is 8.66 Å². The zero-order valence-corrected chi connectivity index (χ0v) is 20.5. The van der Waals surface area contributed by atoms with Crippen molar-refractivity contribution in [2.75, 3.05) is 23.3 Å². The van der Waals surface area contributed by atoms with Crippen molar-refractivity contribution >= 4 is 84.6 Å². The molecule has 4 rings (SSSR count). The van der Waals surface area contributed by atoms with Crippen LogP contribution in [0.25, 0.3) is 10.6 Å². The second kappa shape index (κ2) is 9.41. The molecular weight excluding hydrogens is 547 g/mol. The summed E-state index contributed by atoms with van der Waals surface area (Å²) in [6, 6.07) is 3.38. The number of halogens is 3. The van der Waals surface area contributed by atoms with E-state index in [1.165, 1.54) is 28.9 Å². The van der Waals surface area contributed by atoms with Crippen molar-refractivity contribution in [3.05, 3.63) is 43.1 Å². The molecule has 7 nitrogen and oxygen atoms in total. The van der Waals surface area contributed by atoms with Crippen LogP contribution < -0.4 is 10.2 Å². The molecule has 0 unspecified atom stereocenters. The van der Waals surface area contributed by atoms with Crippen molar-refractivity contribution in [3.63, 3.8) is 0 Å². The summed E-state index contributed by atoms with van der Waals surface area (Å²) < 4.78 is 0.789. The number of rotatable bonds is 5. The Morgan fingerprint density at radius 3 is 2.61 bits per heavy atom. The maximum Gasteiger partial charge on any atom is 0.306 e. The summed E-state index contributed by atoms with van der Waals surface area (Å²) in [7, 11) is 0. The Balaban J connectivity index is 1.45. The van der Waals surface area contributed by atoms with E-state index < -0.39 is 5.97 Å². The minimum Gasteiger partial charge on any atom is -0.481 e. The number of hydrogen-bond acceptors (Lipinski definition) is 7. The third kappa shape index (κ3) is 5.04. The second-order valence-corrected chi connectivity index (χ2v) is 10.9. The zero-order chi connectivity index (χ0) is 22.1. The Morgan fingerprint density at radius 2 is 2.00 bits per heavy atom. The van der Waals surface area contributed by atoms with Gasteiger partial charge in [0.2, 0.25) is 0 Å². The van der Waals surface area contributed by atoms with Crippen LogP contribution in [-0.4, -0.2) is 40.0 Å². The number of carboxylic acid groups (broad SMARTS) is 1. The van der Waals surface area contributed by atoms with Crippen LogP contribution in [0.4, 0.5) is 10.9 Å². The number of aliphatic carboxylic acids is 1. The minimum absolute atomic E-state index is 0.307. The molecule has 1 fully saturated rings. The van der Waals surface area contributed by atoms with Gasteiger partial charge in [0.1, 0.15) is 15.3 Å². The quantitative estimate of drug-likeness (QED) is 0.403. The largest absolute Gasteiger partial charge is 0.481 e. The molecule has 1 saturated heterocycles. The van der Waals surface area contributed by atoms with E-state index in [1.807, 2.05) is 16.3 Å². The average Bonchev–Trinajstić information content (AvgIpc) is 3.33. The number of hydrogen-bond donors (Lipinski definition) is 2. The molecule has 1 aliphatic heterocycles. The molecule has 0 bridgehead atoms. The van der Waals surface area contributed by atoms with E-state index in [9.17, 15) is 9.59 Å². The Bertz CT molecular complexity index is 1150. The molecule has 162 valence electrons. The van der Waals surface area contributed by atoms with Crippen LogP contribution in [-0.2, 0) is 4.79 Å². The number of nitrogens with zero attached hydrogens (tertiary/aromatic N) is 3. The average molecular weight is 562 g/mol. The first kappa shape index (κ1) is 22.5. The van der Waals surface area contributed by atoms with Gasteiger partial charge in [0.25, 0.3) is 5.91 Å². The smallest absolute Gasteiger partial charge is 0.306 e. The van der Waals surface area contributed by atoms with Crippen molar-refractivity contribution < 1.29 is 14.7 Å². The van der Waals surface area contributed by atoms with Crippen LogP contribution in [0.3, 0.4) is 0 Å². The SMILES string of the molecule is O=C(Nc1nc(-c2cc(Cl)cs2)c(Br)s1)c1cnc(N2CCC(C(=O)O)CC2)c(Cl)c1. The molecule has 0 spiro atoms. The summed E-state index contributed by atoms with van der Waals surface area (Å²) in [4.78, 5) is 35.5. The molecule has 1 amide bonds. The molecule has 3 aromatic rings. The summed E-state index contributed by atoms with van der Waals surface area (Å²) in [6.07, 6.45) is 2.53. The van der Waals surface area contributed by atoms with Gasteiger partial charge in [-0.2, -0.15) is 0 Å². The molecule has 1 aliphatic rings. The normalized spacial score (nSPS) is 14.6. The van der Waals surface area contributed by atoms with Crippen molar-refractivity contribution in [2.24, 2.45) is 5.92 Å². The van der Waals surface area contributed by atoms with Crippen LogP contribution in [0.2, 0.25) is 10.0 Å². The maximum atomic E-state index is 12.7. The number of carbonyl (C=O) groups excluding carboxylic acids is 1. The molecule has 0 radical (unpaired) electrons. The van der Waals surface area contributed by atoms with Crippen LogP contribution >= 0.6 is 61.8 Å². The van der Waals surface area contributed by atoms with Crippen LogP contribution in [0.1, 0.15) is 23.2 Å². The van der Waals surface area contributed by atoms with Crippen LogP contribution in [0, 0.1) is 5.92 Å². The maximum absolute atomic E-state index is 12.7. The van der Waals surface area contributed by atoms with E-state index >= 15 is 0 Å². The first-order chi connectivity index (χ1) is 14.8. The van der Waals surface area contributed by atoms with Gasteiger partial charge in [-0.3, -0.25) is 14.9 Å². The molecular formula is C19H15BrCl2N4O3S2. The lowest BCUT2D eigenvalue weighted by Gasteiger charge is -2.31. The van der Waals surface area contributed by atoms with Gasteiger partial charge >= 0.3 is 5.97 Å². The van der Waals surface area contributed by atoms with Gasteiger partial charge < -0.3 is 10.0 Å². The third-order valence-electron chi connectivity index (χ3n) is 4.83. The van der Waals surface area contributed by atoms with Crippen molar-refractivity contribution in [2.45, 2.75) is 12.8 Å². The summed E-state index contributed by atoms with van der Waals surface area (Å²) >= 11 is 18.6. The van der Waals surface area contributed by atoms with E-state index in [0.29, 0.717) is 58.2 Å². The first-order valence-electron chi connectivity index (χ1n) is 9.17. The number of thiophene rings is 1. The monoisotopic (exact) mass is 560 g/mol. The lowest BCUT2D eigenvalue weighted by molar-refractivity contribution is -0.142. The second-order valence-electron chi connectivity index (χ2n) is 6.85. The molecule has 31 heavy (non-hydrogen) atoms. The number of carbonyl (C=O) groups is 2. The minimum atomic E-state index is -0.773. The summed E-state index contributed by atoms with van der Waals surface area (Å²) in [6.45, 7) is 1.11. The fourth-order valence-electron chi connectivity index (χ4n) is 3.24. The van der Waals surface area contributed by atoms with Crippen LogP contribution in [0.5, 0.6) is 0 Å². The number of anilines is 2. The number of piperidine rings is 1. The summed E-state index contributed by atoms with van der Waals surface area (Å²) in [5.74, 6) is -0.934. The Hall–Kier alpha value is -1.72. The predicted octanol–water partition coefficient (Wildman–Crippen LogP) is 5.89. The van der Waals surface area contributed by atoms with Gasteiger partial charge in [-0.25, -0.2) is 9.97 Å².